The van der Waals surface area contributed by atoms with Gasteiger partial charge in [-0.05, 0) is 0 Å². The van der Waals surface area contributed by atoms with Crippen LogP contribution in [0.25, 0.3) is 6.08 Å². The van der Waals surface area contributed by atoms with Gasteiger partial charge >= 0.3 is 165 Å². The number of carbonyl (C=O) groups is 1. The molecule has 1 N–H and O–H groups in total. The van der Waals surface area contributed by atoms with Gasteiger partial charge in [-0.3, -0.25) is 0 Å². The van der Waals surface area contributed by atoms with E-state index < -0.39 is 24.0 Å². The Morgan fingerprint density at radius 3 is 2.36 bits per heavy atom. The van der Waals surface area contributed by atoms with Gasteiger partial charge in [0, 0.05) is 0 Å². The summed E-state index contributed by atoms with van der Waals surface area (Å²) in [4.78, 5) is 13.0. The monoisotopic (exact) mass is 468 g/mol. The Kier molecular flexibility index (Phi) is 9.24. The molecule has 0 radical (unpaired) electrons. The van der Waals surface area contributed by atoms with E-state index in [-0.39, 0.29) is 36.1 Å². The standard InChI is InChI=1S/C11H15NO.C9H7.C2H7Si.2ClH.Ti/c1-11(2,3)9-6-4-5-8(7-9)10(12)13;1-2-5-9-7-3-6-8(9)4-1;1-3-2;;;/h4-7H,1-3H3,(H2,12,13);1-7H;3H,1-2H3;2*1H;/q;;;;;+3/p-3. The van der Waals surface area contributed by atoms with E-state index in [0.29, 0.717) is 4.22 Å². The number of halogens is 2. The molecule has 0 bridgehead atoms. The summed E-state index contributed by atoms with van der Waals surface area (Å²) in [5, 5.41) is 0. The molecule has 0 aliphatic heterocycles. The molecule has 28 heavy (non-hydrogen) atoms. The normalized spacial score (nSPS) is 14.7. The molecular weight excluding hydrogens is 441 g/mol. The van der Waals surface area contributed by atoms with Gasteiger partial charge in [-0.1, -0.05) is 0 Å². The van der Waals surface area contributed by atoms with Crippen LogP contribution in [0.2, 0.25) is 13.1 Å². The number of carbonyl (C=O) groups excluding carboxylic acids is 1. The van der Waals surface area contributed by atoms with Crippen LogP contribution in [-0.2, 0) is 22.8 Å². The van der Waals surface area contributed by atoms with Gasteiger partial charge in [0.05, 0.1) is 0 Å². The van der Waals surface area contributed by atoms with Gasteiger partial charge in [-0.15, -0.1) is 0 Å². The second-order valence-electron chi connectivity index (χ2n) is 8.36. The average Bonchev–Trinajstić information content (AvgIpc) is 3.02. The van der Waals surface area contributed by atoms with E-state index in [4.69, 9.17) is 0 Å². The molecule has 0 heterocycles. The van der Waals surface area contributed by atoms with Crippen molar-refractivity contribution in [3.05, 3.63) is 76.9 Å². The fourth-order valence-corrected chi connectivity index (χ4v) is 13.2. The number of allylic oxidation sites excluding steroid dienone is 1. The molecular formula is C22H28Cl2NOSiTi. The zero-order valence-corrected chi connectivity index (χ0v) is 21.3. The van der Waals surface area contributed by atoms with Crippen molar-refractivity contribution in [1.29, 1.82) is 0 Å². The van der Waals surface area contributed by atoms with Crippen LogP contribution in [0.3, 0.4) is 0 Å². The Bertz CT molecular complexity index is 848. The van der Waals surface area contributed by atoms with Crippen LogP contribution in [0.5, 0.6) is 0 Å². The van der Waals surface area contributed by atoms with Crippen molar-refractivity contribution in [3.8, 4) is 0 Å². The van der Waals surface area contributed by atoms with Gasteiger partial charge in [0.2, 0.25) is 0 Å². The van der Waals surface area contributed by atoms with Crippen molar-refractivity contribution in [2.45, 2.75) is 43.5 Å². The fourth-order valence-electron chi connectivity index (χ4n) is 3.43. The Morgan fingerprint density at radius 2 is 1.71 bits per heavy atom. The molecule has 2 aromatic rings. The zero-order chi connectivity index (χ0) is 18.9. The molecule has 1 atom stereocenters. The first-order valence-electron chi connectivity index (χ1n) is 9.33. The topological polar surface area (TPSA) is 29.1 Å². The minimum Gasteiger partial charge on any atom is -1.00 e. The minimum absolute atomic E-state index is 0. The van der Waals surface area contributed by atoms with Crippen molar-refractivity contribution in [2.24, 2.45) is 0 Å². The van der Waals surface area contributed by atoms with Crippen LogP contribution >= 0.6 is 0 Å². The van der Waals surface area contributed by atoms with Crippen LogP contribution < -0.4 is 28.6 Å². The van der Waals surface area contributed by atoms with E-state index in [2.05, 4.69) is 86.2 Å². The van der Waals surface area contributed by atoms with E-state index >= 15 is 0 Å². The Hall–Kier alpha value is -0.839. The number of nitrogens with one attached hydrogen (secondary N) is 1. The molecule has 149 valence electrons. The van der Waals surface area contributed by atoms with Crippen molar-refractivity contribution in [3.63, 3.8) is 0 Å². The van der Waals surface area contributed by atoms with Gasteiger partial charge in [0.15, 0.2) is 0 Å². The number of hydrogen-bond donors (Lipinski definition) is 1. The molecule has 1 unspecified atom stereocenters. The maximum Gasteiger partial charge on any atom is -1.00 e. The quantitative estimate of drug-likeness (QED) is 0.573. The maximum atomic E-state index is 13.0. The van der Waals surface area contributed by atoms with Gasteiger partial charge < -0.3 is 24.8 Å². The molecule has 1 amide bonds. The van der Waals surface area contributed by atoms with Crippen LogP contribution in [-0.4, -0.2) is 12.6 Å². The summed E-state index contributed by atoms with van der Waals surface area (Å²) in [6.07, 6.45) is 4.56. The number of amides is 1. The third-order valence-corrected chi connectivity index (χ3v) is 16.8. The van der Waals surface area contributed by atoms with Crippen LogP contribution in [0, 0.1) is 0 Å². The van der Waals surface area contributed by atoms with Crippen molar-refractivity contribution < 1.29 is 47.0 Å². The number of hydrogen-bond acceptors (Lipinski definition) is 1. The van der Waals surface area contributed by atoms with Crippen LogP contribution in [0.4, 0.5) is 0 Å². The van der Waals surface area contributed by atoms with Crippen molar-refractivity contribution in [2.75, 3.05) is 0 Å². The summed E-state index contributed by atoms with van der Waals surface area (Å²) in [5.74, 6) is 0.116. The average molecular weight is 469 g/mol. The first-order chi connectivity index (χ1) is 12.3. The molecule has 0 saturated carbocycles. The third kappa shape index (κ3) is 5.61. The molecule has 1 aliphatic carbocycles. The van der Waals surface area contributed by atoms with Crippen LogP contribution in [0.1, 0.15) is 52.0 Å². The summed E-state index contributed by atoms with van der Waals surface area (Å²) >= 11 is -1.76. The molecule has 3 rings (SSSR count). The Labute approximate surface area is 189 Å². The SMILES string of the molecule is C[SiH](C)[Ti+2]([NH]C(=O)c1cccc(C(C)(C)C)c1)[CH]1C=Cc2ccccc21.[Cl-].[Cl-]. The Balaban J connectivity index is 0.00000196. The van der Waals surface area contributed by atoms with Crippen LogP contribution in [0.15, 0.2) is 54.6 Å². The first-order valence-corrected chi connectivity index (χ1v) is 16.6. The maximum absolute atomic E-state index is 13.0. The summed E-state index contributed by atoms with van der Waals surface area (Å²) < 4.78 is 3.98. The summed E-state index contributed by atoms with van der Waals surface area (Å²) in [6.45, 7) is 10.4. The number of benzene rings is 2. The second kappa shape index (κ2) is 10.3. The third-order valence-electron chi connectivity index (χ3n) is 5.01. The smallest absolute Gasteiger partial charge is 1.00 e. The predicted molar refractivity (Wildman–Crippen MR) is 110 cm³/mol. The predicted octanol–water partition coefficient (Wildman–Crippen LogP) is -0.993. The molecule has 2 nitrogen and oxygen atoms in total. The molecule has 0 spiro atoms. The number of fused-ring (bicyclic) bond motifs is 1. The van der Waals surface area contributed by atoms with Gasteiger partial charge in [0.1, 0.15) is 0 Å². The van der Waals surface area contributed by atoms with E-state index in [1.165, 1.54) is 16.7 Å². The largest absolute Gasteiger partial charge is 1.00 e. The first kappa shape index (κ1) is 25.2. The minimum atomic E-state index is -1.76. The van der Waals surface area contributed by atoms with Gasteiger partial charge in [0.25, 0.3) is 0 Å². The summed E-state index contributed by atoms with van der Waals surface area (Å²) in [6, 6.07) is 16.7. The Morgan fingerprint density at radius 1 is 1.04 bits per heavy atom. The molecule has 1 aliphatic rings. The van der Waals surface area contributed by atoms with E-state index in [0.717, 1.165) is 5.56 Å². The molecule has 2 aromatic carbocycles. The molecule has 0 aromatic heterocycles. The fraction of sp³-hybridized carbons (Fsp3) is 0.318. The van der Waals surface area contributed by atoms with E-state index in [1.807, 2.05) is 12.1 Å². The molecule has 0 fully saturated rings. The zero-order valence-electron chi connectivity index (χ0n) is 17.1. The molecule has 0 saturated heterocycles. The number of rotatable bonds is 4. The van der Waals surface area contributed by atoms with E-state index in [9.17, 15) is 4.79 Å². The second-order valence-corrected chi connectivity index (χ2v) is 21.4. The van der Waals surface area contributed by atoms with Gasteiger partial charge in [-0.25, -0.2) is 0 Å². The summed E-state index contributed by atoms with van der Waals surface area (Å²) in [7, 11) is 0. The summed E-state index contributed by atoms with van der Waals surface area (Å²) in [5.41, 5.74) is 4.79. The van der Waals surface area contributed by atoms with Crippen molar-refractivity contribution in [1.82, 2.24) is 3.80 Å². The molecule has 6 heteroatoms. The van der Waals surface area contributed by atoms with E-state index in [1.54, 1.807) is 0 Å². The van der Waals surface area contributed by atoms with Gasteiger partial charge in [-0.2, -0.15) is 0 Å². The van der Waals surface area contributed by atoms with Crippen molar-refractivity contribution >= 4 is 18.6 Å².